The molecule has 134 valence electrons. The van der Waals surface area contributed by atoms with Crippen molar-refractivity contribution in [2.45, 2.75) is 24.8 Å². The fourth-order valence-corrected chi connectivity index (χ4v) is 3.48. The van der Waals surface area contributed by atoms with E-state index in [1.807, 2.05) is 0 Å². The van der Waals surface area contributed by atoms with Crippen LogP contribution >= 0.6 is 0 Å². The summed E-state index contributed by atoms with van der Waals surface area (Å²) in [4.78, 5) is 11.8. The zero-order valence-electron chi connectivity index (χ0n) is 14.0. The number of halogens is 1. The molecule has 0 spiro atoms. The molecular weight excluding hydrogens is 347 g/mol. The Kier molecular flexibility index (Phi) is 5.76. The quantitative estimate of drug-likeness (QED) is 0.823. The Hall–Kier alpha value is -2.45. The van der Waals surface area contributed by atoms with E-state index < -0.39 is 32.7 Å². The van der Waals surface area contributed by atoms with Crippen LogP contribution in [0.5, 0.6) is 5.75 Å². The van der Waals surface area contributed by atoms with Crippen molar-refractivity contribution in [3.8, 4) is 5.75 Å². The van der Waals surface area contributed by atoms with Crippen molar-refractivity contribution in [2.75, 3.05) is 12.4 Å². The summed E-state index contributed by atoms with van der Waals surface area (Å²) in [7, 11) is -2.55. The summed E-state index contributed by atoms with van der Waals surface area (Å²) in [6, 6.07) is 9.46. The molecule has 0 aromatic heterocycles. The minimum atomic E-state index is -4.05. The molecule has 2 aromatic carbocycles. The van der Waals surface area contributed by atoms with Crippen molar-refractivity contribution in [2.24, 2.45) is 0 Å². The summed E-state index contributed by atoms with van der Waals surface area (Å²) in [5.74, 6) is -0.929. The molecule has 2 N–H and O–H groups in total. The number of methoxy groups -OCH3 is 1. The van der Waals surface area contributed by atoms with E-state index in [1.165, 1.54) is 13.2 Å². The Balaban J connectivity index is 2.30. The predicted molar refractivity (Wildman–Crippen MR) is 92.8 cm³/mol. The molecule has 1 amide bonds. The van der Waals surface area contributed by atoms with Gasteiger partial charge in [-0.3, -0.25) is 4.79 Å². The van der Waals surface area contributed by atoms with Crippen molar-refractivity contribution >= 4 is 21.6 Å². The first-order valence-electron chi connectivity index (χ1n) is 7.50. The van der Waals surface area contributed by atoms with Crippen LogP contribution in [0.4, 0.5) is 10.1 Å². The van der Waals surface area contributed by atoms with E-state index in [0.29, 0.717) is 11.4 Å². The lowest BCUT2D eigenvalue weighted by molar-refractivity contribution is 0.102. The van der Waals surface area contributed by atoms with Crippen LogP contribution in [0.2, 0.25) is 0 Å². The number of ether oxygens (including phenoxy) is 1. The lowest BCUT2D eigenvalue weighted by Gasteiger charge is -2.12. The van der Waals surface area contributed by atoms with Crippen molar-refractivity contribution in [1.29, 1.82) is 0 Å². The summed E-state index contributed by atoms with van der Waals surface area (Å²) >= 11 is 0. The molecule has 0 saturated carbocycles. The van der Waals surface area contributed by atoms with Gasteiger partial charge in [0.1, 0.15) is 16.5 Å². The maximum absolute atomic E-state index is 13.9. The number of carbonyl (C=O) groups excluding carboxylic acids is 1. The van der Waals surface area contributed by atoms with Gasteiger partial charge in [0.05, 0.1) is 7.11 Å². The third-order valence-electron chi connectivity index (χ3n) is 3.20. The number of amides is 1. The van der Waals surface area contributed by atoms with E-state index in [1.54, 1.807) is 38.1 Å². The Morgan fingerprint density at radius 1 is 1.16 bits per heavy atom. The molecule has 0 radical (unpaired) electrons. The first-order valence-corrected chi connectivity index (χ1v) is 8.98. The number of hydrogen-bond donors (Lipinski definition) is 2. The standard InChI is InChI=1S/C17H19FN2O4S/c1-11(2)20-25(22,23)16-9-12(7-8-15(16)18)17(21)19-13-5-4-6-14(10-13)24-3/h4-11,20H,1-3H3,(H,19,21). The molecular formula is C17H19FN2O4S. The van der Waals surface area contributed by atoms with Crippen LogP contribution in [-0.4, -0.2) is 27.5 Å². The van der Waals surface area contributed by atoms with Crippen LogP contribution in [0.3, 0.4) is 0 Å². The van der Waals surface area contributed by atoms with Gasteiger partial charge in [0.25, 0.3) is 5.91 Å². The van der Waals surface area contributed by atoms with E-state index in [9.17, 15) is 17.6 Å². The second kappa shape index (κ2) is 7.62. The Morgan fingerprint density at radius 2 is 1.88 bits per heavy atom. The number of hydrogen-bond acceptors (Lipinski definition) is 4. The number of sulfonamides is 1. The van der Waals surface area contributed by atoms with E-state index in [0.717, 1.165) is 12.1 Å². The van der Waals surface area contributed by atoms with Gasteiger partial charge in [-0.1, -0.05) is 6.07 Å². The minimum Gasteiger partial charge on any atom is -0.497 e. The molecule has 0 aliphatic rings. The summed E-state index contributed by atoms with van der Waals surface area (Å²) in [5, 5.41) is 2.62. The van der Waals surface area contributed by atoms with E-state index in [-0.39, 0.29) is 5.56 Å². The van der Waals surface area contributed by atoms with Gasteiger partial charge in [0.2, 0.25) is 10.0 Å². The summed E-state index contributed by atoms with van der Waals surface area (Å²) in [6.07, 6.45) is 0. The molecule has 2 aromatic rings. The highest BCUT2D eigenvalue weighted by molar-refractivity contribution is 7.89. The van der Waals surface area contributed by atoms with Gasteiger partial charge in [0, 0.05) is 23.4 Å². The number of rotatable bonds is 6. The molecule has 0 aliphatic heterocycles. The zero-order chi connectivity index (χ0) is 18.6. The molecule has 0 heterocycles. The molecule has 0 unspecified atom stereocenters. The molecule has 6 nitrogen and oxygen atoms in total. The average Bonchev–Trinajstić information content (AvgIpc) is 2.54. The monoisotopic (exact) mass is 366 g/mol. The lowest BCUT2D eigenvalue weighted by Crippen LogP contribution is -2.31. The Morgan fingerprint density at radius 3 is 2.52 bits per heavy atom. The van der Waals surface area contributed by atoms with Gasteiger partial charge in [-0.2, -0.15) is 0 Å². The molecule has 8 heteroatoms. The summed E-state index contributed by atoms with van der Waals surface area (Å²) in [5.41, 5.74) is 0.492. The number of carbonyl (C=O) groups is 1. The highest BCUT2D eigenvalue weighted by Crippen LogP contribution is 2.20. The van der Waals surface area contributed by atoms with Crippen LogP contribution in [0.25, 0.3) is 0 Å². The van der Waals surface area contributed by atoms with Crippen molar-refractivity contribution in [1.82, 2.24) is 4.72 Å². The van der Waals surface area contributed by atoms with Crippen LogP contribution in [0.1, 0.15) is 24.2 Å². The highest BCUT2D eigenvalue weighted by atomic mass is 32.2. The molecule has 0 saturated heterocycles. The number of anilines is 1. The van der Waals surface area contributed by atoms with Gasteiger partial charge in [-0.25, -0.2) is 17.5 Å². The topological polar surface area (TPSA) is 84.5 Å². The Bertz CT molecular complexity index is 882. The van der Waals surface area contributed by atoms with Crippen LogP contribution in [0.15, 0.2) is 47.4 Å². The third-order valence-corrected chi connectivity index (χ3v) is 4.87. The first kappa shape index (κ1) is 18.9. The van der Waals surface area contributed by atoms with Gasteiger partial charge in [0.15, 0.2) is 0 Å². The maximum Gasteiger partial charge on any atom is 0.255 e. The zero-order valence-corrected chi connectivity index (χ0v) is 14.9. The Labute approximate surface area is 146 Å². The van der Waals surface area contributed by atoms with E-state index in [2.05, 4.69) is 10.0 Å². The SMILES string of the molecule is COc1cccc(NC(=O)c2ccc(F)c(S(=O)(=O)NC(C)C)c2)c1. The lowest BCUT2D eigenvalue weighted by atomic mass is 10.2. The van der Waals surface area contributed by atoms with E-state index >= 15 is 0 Å². The normalized spacial score (nSPS) is 11.4. The average molecular weight is 366 g/mol. The van der Waals surface area contributed by atoms with Gasteiger partial charge in [-0.05, 0) is 44.2 Å². The van der Waals surface area contributed by atoms with Gasteiger partial charge < -0.3 is 10.1 Å². The minimum absolute atomic E-state index is 0.0216. The van der Waals surface area contributed by atoms with E-state index in [4.69, 9.17) is 4.74 Å². The fraction of sp³-hybridized carbons (Fsp3) is 0.235. The largest absolute Gasteiger partial charge is 0.497 e. The predicted octanol–water partition coefficient (Wildman–Crippen LogP) is 2.77. The molecule has 0 bridgehead atoms. The maximum atomic E-state index is 13.9. The molecule has 0 atom stereocenters. The fourth-order valence-electron chi connectivity index (χ4n) is 2.13. The van der Waals surface area contributed by atoms with Crippen LogP contribution in [0, 0.1) is 5.82 Å². The highest BCUT2D eigenvalue weighted by Gasteiger charge is 2.22. The molecule has 2 rings (SSSR count). The van der Waals surface area contributed by atoms with Gasteiger partial charge in [-0.15, -0.1) is 0 Å². The number of nitrogens with one attached hydrogen (secondary N) is 2. The number of benzene rings is 2. The third kappa shape index (κ3) is 4.77. The molecule has 25 heavy (non-hydrogen) atoms. The van der Waals surface area contributed by atoms with Crippen LogP contribution < -0.4 is 14.8 Å². The van der Waals surface area contributed by atoms with Crippen LogP contribution in [-0.2, 0) is 10.0 Å². The smallest absolute Gasteiger partial charge is 0.255 e. The first-order chi connectivity index (χ1) is 11.7. The molecule has 0 fully saturated rings. The second-order valence-electron chi connectivity index (χ2n) is 5.61. The van der Waals surface area contributed by atoms with Crippen molar-refractivity contribution in [3.05, 3.63) is 53.8 Å². The van der Waals surface area contributed by atoms with Crippen molar-refractivity contribution < 1.29 is 22.3 Å². The van der Waals surface area contributed by atoms with Crippen molar-refractivity contribution in [3.63, 3.8) is 0 Å². The molecule has 0 aliphatic carbocycles. The summed E-state index contributed by atoms with van der Waals surface area (Å²) in [6.45, 7) is 3.24. The van der Waals surface area contributed by atoms with Gasteiger partial charge >= 0.3 is 0 Å². The summed E-state index contributed by atoms with van der Waals surface area (Å²) < 4.78 is 45.7. The second-order valence-corrected chi connectivity index (χ2v) is 7.29.